The highest BCUT2D eigenvalue weighted by Crippen LogP contribution is 2.69. The van der Waals surface area contributed by atoms with Crippen LogP contribution in [0, 0.1) is 16.7 Å². The predicted molar refractivity (Wildman–Crippen MR) is 50.5 cm³/mol. The SMILES string of the molecule is CC(C)=CC1(C)C(C)C1(C)C. The van der Waals surface area contributed by atoms with Crippen LogP contribution in [0.1, 0.15) is 41.5 Å². The van der Waals surface area contributed by atoms with E-state index in [0.29, 0.717) is 10.8 Å². The fourth-order valence-electron chi connectivity index (χ4n) is 2.22. The van der Waals surface area contributed by atoms with Gasteiger partial charge in [-0.15, -0.1) is 0 Å². The molecule has 1 aliphatic carbocycles. The fourth-order valence-corrected chi connectivity index (χ4v) is 2.22. The van der Waals surface area contributed by atoms with E-state index in [1.807, 2.05) is 0 Å². The highest BCUT2D eigenvalue weighted by molar-refractivity contribution is 5.24. The summed E-state index contributed by atoms with van der Waals surface area (Å²) in [5.74, 6) is 0.838. The van der Waals surface area contributed by atoms with Crippen LogP contribution in [0.25, 0.3) is 0 Å². The van der Waals surface area contributed by atoms with Gasteiger partial charge in [-0.05, 0) is 30.6 Å². The van der Waals surface area contributed by atoms with Gasteiger partial charge in [0.05, 0.1) is 0 Å². The molecule has 0 aromatic rings. The summed E-state index contributed by atoms with van der Waals surface area (Å²) >= 11 is 0. The van der Waals surface area contributed by atoms with Crippen LogP contribution in [0.5, 0.6) is 0 Å². The molecule has 0 saturated heterocycles. The molecule has 0 bridgehead atoms. The minimum Gasteiger partial charge on any atom is -0.0798 e. The second kappa shape index (κ2) is 2.12. The van der Waals surface area contributed by atoms with Crippen LogP contribution < -0.4 is 0 Å². The Labute approximate surface area is 70.7 Å². The van der Waals surface area contributed by atoms with E-state index in [-0.39, 0.29) is 0 Å². The van der Waals surface area contributed by atoms with Gasteiger partial charge in [0, 0.05) is 0 Å². The molecule has 0 aliphatic heterocycles. The summed E-state index contributed by atoms with van der Waals surface area (Å²) in [6.07, 6.45) is 2.43. The van der Waals surface area contributed by atoms with Gasteiger partial charge in [-0.25, -0.2) is 0 Å². The first-order valence-corrected chi connectivity index (χ1v) is 4.48. The average Bonchev–Trinajstić information content (AvgIpc) is 2.13. The number of rotatable bonds is 1. The van der Waals surface area contributed by atoms with Gasteiger partial charge in [0.2, 0.25) is 0 Å². The van der Waals surface area contributed by atoms with E-state index in [1.165, 1.54) is 5.57 Å². The fraction of sp³-hybridized carbons (Fsp3) is 0.818. The van der Waals surface area contributed by atoms with Crippen LogP contribution in [0.4, 0.5) is 0 Å². The Bertz CT molecular complexity index is 194. The molecule has 2 unspecified atom stereocenters. The molecular formula is C11H20. The van der Waals surface area contributed by atoms with Crippen LogP contribution in [-0.2, 0) is 0 Å². The van der Waals surface area contributed by atoms with Crippen molar-refractivity contribution in [1.29, 1.82) is 0 Å². The molecule has 0 nitrogen and oxygen atoms in total. The minimum absolute atomic E-state index is 0.464. The van der Waals surface area contributed by atoms with E-state index in [9.17, 15) is 0 Å². The summed E-state index contributed by atoms with van der Waals surface area (Å²) < 4.78 is 0. The Morgan fingerprint density at radius 2 is 1.55 bits per heavy atom. The smallest absolute Gasteiger partial charge is 0.00591 e. The lowest BCUT2D eigenvalue weighted by molar-refractivity contribution is 0.498. The van der Waals surface area contributed by atoms with Crippen molar-refractivity contribution in [3.8, 4) is 0 Å². The molecule has 1 fully saturated rings. The van der Waals surface area contributed by atoms with Gasteiger partial charge in [-0.3, -0.25) is 0 Å². The van der Waals surface area contributed by atoms with E-state index < -0.39 is 0 Å². The minimum atomic E-state index is 0.464. The summed E-state index contributed by atoms with van der Waals surface area (Å²) in [6, 6.07) is 0. The number of hydrogen-bond acceptors (Lipinski definition) is 0. The average molecular weight is 152 g/mol. The van der Waals surface area contributed by atoms with Crippen molar-refractivity contribution in [1.82, 2.24) is 0 Å². The second-order valence-corrected chi connectivity index (χ2v) is 4.95. The molecule has 1 rings (SSSR count). The van der Waals surface area contributed by atoms with Gasteiger partial charge in [-0.1, -0.05) is 39.3 Å². The van der Waals surface area contributed by atoms with Crippen LogP contribution in [0.2, 0.25) is 0 Å². The van der Waals surface area contributed by atoms with Crippen molar-refractivity contribution in [2.45, 2.75) is 41.5 Å². The van der Waals surface area contributed by atoms with E-state index in [0.717, 1.165) is 5.92 Å². The van der Waals surface area contributed by atoms with Crippen molar-refractivity contribution < 1.29 is 0 Å². The highest BCUT2D eigenvalue weighted by Gasteiger charge is 2.63. The third-order valence-electron chi connectivity index (χ3n) is 3.88. The zero-order valence-corrected chi connectivity index (χ0v) is 8.65. The van der Waals surface area contributed by atoms with Crippen molar-refractivity contribution in [2.75, 3.05) is 0 Å². The first kappa shape index (κ1) is 8.83. The van der Waals surface area contributed by atoms with Crippen LogP contribution >= 0.6 is 0 Å². The molecule has 0 spiro atoms. The van der Waals surface area contributed by atoms with Gasteiger partial charge in [0.25, 0.3) is 0 Å². The Kier molecular flexibility index (Phi) is 1.70. The summed E-state index contributed by atoms with van der Waals surface area (Å²) in [4.78, 5) is 0. The molecule has 0 amide bonds. The lowest BCUT2D eigenvalue weighted by atomic mass is 9.96. The van der Waals surface area contributed by atoms with Crippen molar-refractivity contribution >= 4 is 0 Å². The standard InChI is InChI=1S/C11H20/c1-8(2)7-11(6)9(3)10(11,4)5/h7,9H,1-6H3. The normalized spacial score (nSPS) is 40.0. The summed E-state index contributed by atoms with van der Waals surface area (Å²) in [6.45, 7) is 13.8. The van der Waals surface area contributed by atoms with Gasteiger partial charge in [0.15, 0.2) is 0 Å². The number of hydrogen-bond donors (Lipinski definition) is 0. The molecule has 0 heterocycles. The van der Waals surface area contributed by atoms with Gasteiger partial charge >= 0.3 is 0 Å². The van der Waals surface area contributed by atoms with E-state index >= 15 is 0 Å². The molecule has 0 radical (unpaired) electrons. The van der Waals surface area contributed by atoms with E-state index in [1.54, 1.807) is 0 Å². The first-order valence-electron chi connectivity index (χ1n) is 4.48. The van der Waals surface area contributed by atoms with Crippen molar-refractivity contribution in [3.63, 3.8) is 0 Å². The van der Waals surface area contributed by atoms with E-state index in [4.69, 9.17) is 0 Å². The van der Waals surface area contributed by atoms with Crippen molar-refractivity contribution in [3.05, 3.63) is 11.6 Å². The maximum Gasteiger partial charge on any atom is -0.00591 e. The van der Waals surface area contributed by atoms with Gasteiger partial charge < -0.3 is 0 Å². The van der Waals surface area contributed by atoms with Crippen molar-refractivity contribution in [2.24, 2.45) is 16.7 Å². The molecule has 64 valence electrons. The Morgan fingerprint density at radius 3 is 1.64 bits per heavy atom. The molecule has 2 atom stereocenters. The summed E-state index contributed by atoms with van der Waals surface area (Å²) in [5, 5.41) is 0. The largest absolute Gasteiger partial charge is 0.0798 e. The molecule has 0 N–H and O–H groups in total. The molecule has 0 aromatic heterocycles. The second-order valence-electron chi connectivity index (χ2n) is 4.95. The monoisotopic (exact) mass is 152 g/mol. The Hall–Kier alpha value is -0.260. The number of allylic oxidation sites excluding steroid dienone is 2. The third kappa shape index (κ3) is 1.04. The molecule has 11 heavy (non-hydrogen) atoms. The third-order valence-corrected chi connectivity index (χ3v) is 3.88. The summed E-state index contributed by atoms with van der Waals surface area (Å²) in [5.41, 5.74) is 2.43. The molecule has 0 heteroatoms. The van der Waals surface area contributed by atoms with Gasteiger partial charge in [-0.2, -0.15) is 0 Å². The summed E-state index contributed by atoms with van der Waals surface area (Å²) in [7, 11) is 0. The molecule has 0 aromatic carbocycles. The van der Waals surface area contributed by atoms with Crippen LogP contribution in [-0.4, -0.2) is 0 Å². The zero-order valence-electron chi connectivity index (χ0n) is 8.65. The first-order chi connectivity index (χ1) is 4.82. The Morgan fingerprint density at radius 1 is 1.18 bits per heavy atom. The Balaban J connectivity index is 2.83. The maximum atomic E-state index is 2.43. The van der Waals surface area contributed by atoms with E-state index in [2.05, 4.69) is 47.6 Å². The molecule has 1 saturated carbocycles. The van der Waals surface area contributed by atoms with Crippen LogP contribution in [0.3, 0.4) is 0 Å². The zero-order chi connectivity index (χ0) is 8.86. The lowest BCUT2D eigenvalue weighted by Crippen LogP contribution is -1.99. The quantitative estimate of drug-likeness (QED) is 0.503. The maximum absolute atomic E-state index is 2.43. The van der Waals surface area contributed by atoms with Gasteiger partial charge in [0.1, 0.15) is 0 Å². The highest BCUT2D eigenvalue weighted by atomic mass is 14.7. The lowest BCUT2D eigenvalue weighted by Gasteiger charge is -2.09. The topological polar surface area (TPSA) is 0 Å². The predicted octanol–water partition coefficient (Wildman–Crippen LogP) is 3.63. The molecular weight excluding hydrogens is 132 g/mol. The molecule has 1 aliphatic rings. The van der Waals surface area contributed by atoms with Crippen LogP contribution in [0.15, 0.2) is 11.6 Å².